The van der Waals surface area contributed by atoms with Crippen LogP contribution in [0, 0.1) is 5.92 Å². The van der Waals surface area contributed by atoms with Crippen LogP contribution in [-0.4, -0.2) is 69.4 Å². The number of morpholine rings is 1. The monoisotopic (exact) mass is 390 g/mol. The van der Waals surface area contributed by atoms with Crippen molar-refractivity contribution in [2.75, 3.05) is 46.4 Å². The average Bonchev–Trinajstić information content (AvgIpc) is 2.68. The molecule has 1 aromatic carbocycles. The van der Waals surface area contributed by atoms with Crippen molar-refractivity contribution in [3.63, 3.8) is 0 Å². The van der Waals surface area contributed by atoms with Crippen molar-refractivity contribution in [1.82, 2.24) is 15.5 Å². The number of aliphatic imine (C=N–C) groups is 1. The fourth-order valence-electron chi connectivity index (χ4n) is 3.45. The molecule has 0 spiro atoms. The Morgan fingerprint density at radius 2 is 1.79 bits per heavy atom. The van der Waals surface area contributed by atoms with Crippen LogP contribution in [0.3, 0.4) is 0 Å². The summed E-state index contributed by atoms with van der Waals surface area (Å²) >= 11 is 0. The first-order chi connectivity index (χ1) is 13.5. The second-order valence-corrected chi connectivity index (χ2v) is 7.90. The first kappa shape index (κ1) is 22.5. The first-order valence-corrected chi connectivity index (χ1v) is 10.5. The van der Waals surface area contributed by atoms with Crippen LogP contribution in [0.2, 0.25) is 0 Å². The Kier molecular flexibility index (Phi) is 9.58. The van der Waals surface area contributed by atoms with Gasteiger partial charge in [0.25, 0.3) is 0 Å². The zero-order valence-electron chi connectivity index (χ0n) is 18.2. The van der Waals surface area contributed by atoms with Crippen LogP contribution in [0.1, 0.15) is 33.3 Å². The van der Waals surface area contributed by atoms with Gasteiger partial charge in [-0.15, -0.1) is 0 Å². The van der Waals surface area contributed by atoms with Gasteiger partial charge >= 0.3 is 0 Å². The van der Waals surface area contributed by atoms with Crippen molar-refractivity contribution in [1.29, 1.82) is 0 Å². The van der Waals surface area contributed by atoms with E-state index in [-0.39, 0.29) is 6.10 Å². The number of benzene rings is 1. The molecule has 1 aliphatic rings. The normalized spacial score (nSPS) is 17.0. The standard InChI is InChI=1S/C22H38N4O2/c1-17(2)21(26-12-14-27-15-13-26)16-25-22(23-5)24-11-10-19-6-8-20(9-7-19)28-18(3)4/h6-9,17-18,21H,10-16H2,1-5H3,(H2,23,24,25). The quantitative estimate of drug-likeness (QED) is 0.501. The molecule has 158 valence electrons. The van der Waals surface area contributed by atoms with Crippen molar-refractivity contribution in [3.8, 4) is 5.75 Å². The Morgan fingerprint density at radius 1 is 1.11 bits per heavy atom. The highest BCUT2D eigenvalue weighted by atomic mass is 16.5. The summed E-state index contributed by atoms with van der Waals surface area (Å²) in [5, 5.41) is 6.93. The lowest BCUT2D eigenvalue weighted by Gasteiger charge is -2.37. The zero-order chi connectivity index (χ0) is 20.4. The van der Waals surface area contributed by atoms with Crippen molar-refractivity contribution in [3.05, 3.63) is 29.8 Å². The third-order valence-corrected chi connectivity index (χ3v) is 4.99. The summed E-state index contributed by atoms with van der Waals surface area (Å²) in [5.74, 6) is 2.36. The second-order valence-electron chi connectivity index (χ2n) is 7.90. The third-order valence-electron chi connectivity index (χ3n) is 4.99. The highest BCUT2D eigenvalue weighted by Crippen LogP contribution is 2.14. The highest BCUT2D eigenvalue weighted by molar-refractivity contribution is 5.79. The van der Waals surface area contributed by atoms with E-state index in [9.17, 15) is 0 Å². The van der Waals surface area contributed by atoms with Gasteiger partial charge in [-0.2, -0.15) is 0 Å². The number of guanidine groups is 1. The van der Waals surface area contributed by atoms with Gasteiger partial charge in [0, 0.05) is 39.3 Å². The lowest BCUT2D eigenvalue weighted by molar-refractivity contribution is 0.00752. The molecule has 1 aromatic rings. The molecule has 1 aliphatic heterocycles. The van der Waals surface area contributed by atoms with Crippen LogP contribution in [0.4, 0.5) is 0 Å². The van der Waals surface area contributed by atoms with Crippen LogP contribution < -0.4 is 15.4 Å². The topological polar surface area (TPSA) is 58.1 Å². The van der Waals surface area contributed by atoms with E-state index < -0.39 is 0 Å². The van der Waals surface area contributed by atoms with E-state index in [1.54, 1.807) is 0 Å². The van der Waals surface area contributed by atoms with Crippen molar-refractivity contribution >= 4 is 5.96 Å². The van der Waals surface area contributed by atoms with Crippen LogP contribution in [0.25, 0.3) is 0 Å². The zero-order valence-corrected chi connectivity index (χ0v) is 18.2. The minimum Gasteiger partial charge on any atom is -0.491 e. The Bertz CT molecular complexity index is 581. The maximum absolute atomic E-state index is 5.70. The minimum atomic E-state index is 0.203. The largest absolute Gasteiger partial charge is 0.491 e. The van der Waals surface area contributed by atoms with E-state index in [4.69, 9.17) is 9.47 Å². The molecule has 0 amide bonds. The lowest BCUT2D eigenvalue weighted by atomic mass is 10.0. The van der Waals surface area contributed by atoms with Gasteiger partial charge in [0.2, 0.25) is 0 Å². The number of hydrogen-bond acceptors (Lipinski definition) is 4. The summed E-state index contributed by atoms with van der Waals surface area (Å²) in [7, 11) is 1.83. The molecule has 0 aromatic heterocycles. The van der Waals surface area contributed by atoms with Gasteiger partial charge in [0.05, 0.1) is 19.3 Å². The van der Waals surface area contributed by atoms with Crippen LogP contribution in [0.15, 0.2) is 29.3 Å². The first-order valence-electron chi connectivity index (χ1n) is 10.5. The van der Waals surface area contributed by atoms with E-state index in [1.165, 1.54) is 5.56 Å². The molecule has 0 radical (unpaired) electrons. The highest BCUT2D eigenvalue weighted by Gasteiger charge is 2.23. The number of nitrogens with one attached hydrogen (secondary N) is 2. The Hall–Kier alpha value is -1.79. The van der Waals surface area contributed by atoms with E-state index in [1.807, 2.05) is 33.0 Å². The van der Waals surface area contributed by atoms with Gasteiger partial charge in [-0.3, -0.25) is 9.89 Å². The van der Waals surface area contributed by atoms with Gasteiger partial charge in [0.1, 0.15) is 5.75 Å². The molecule has 28 heavy (non-hydrogen) atoms. The van der Waals surface area contributed by atoms with Gasteiger partial charge in [0.15, 0.2) is 5.96 Å². The summed E-state index contributed by atoms with van der Waals surface area (Å²) in [6.07, 6.45) is 1.15. The fourth-order valence-corrected chi connectivity index (χ4v) is 3.45. The van der Waals surface area contributed by atoms with E-state index in [0.717, 1.165) is 57.5 Å². The SMILES string of the molecule is CN=C(NCCc1ccc(OC(C)C)cc1)NCC(C(C)C)N1CCOCC1. The summed E-state index contributed by atoms with van der Waals surface area (Å²) in [5.41, 5.74) is 1.28. The maximum atomic E-state index is 5.70. The molecular formula is C22H38N4O2. The fraction of sp³-hybridized carbons (Fsp3) is 0.682. The summed E-state index contributed by atoms with van der Waals surface area (Å²) in [6.45, 7) is 14.1. The molecule has 1 heterocycles. The Labute approximate surface area is 170 Å². The third kappa shape index (κ3) is 7.68. The Morgan fingerprint density at radius 3 is 2.36 bits per heavy atom. The van der Waals surface area contributed by atoms with Crippen LogP contribution in [-0.2, 0) is 11.2 Å². The summed E-state index contributed by atoms with van der Waals surface area (Å²) in [6, 6.07) is 8.82. The molecule has 2 rings (SSSR count). The van der Waals surface area contributed by atoms with Crippen molar-refractivity contribution in [2.24, 2.45) is 10.9 Å². The van der Waals surface area contributed by atoms with Crippen LogP contribution >= 0.6 is 0 Å². The van der Waals surface area contributed by atoms with Gasteiger partial charge in [-0.1, -0.05) is 26.0 Å². The molecule has 6 heteroatoms. The van der Waals surface area contributed by atoms with Crippen molar-refractivity contribution < 1.29 is 9.47 Å². The predicted molar refractivity (Wildman–Crippen MR) is 116 cm³/mol. The van der Waals surface area contributed by atoms with E-state index in [2.05, 4.69) is 46.5 Å². The van der Waals surface area contributed by atoms with E-state index >= 15 is 0 Å². The lowest BCUT2D eigenvalue weighted by Crippen LogP contribution is -2.52. The molecule has 6 nitrogen and oxygen atoms in total. The van der Waals surface area contributed by atoms with Gasteiger partial charge in [-0.25, -0.2) is 0 Å². The number of ether oxygens (including phenoxy) is 2. The molecular weight excluding hydrogens is 352 g/mol. The summed E-state index contributed by atoms with van der Waals surface area (Å²) < 4.78 is 11.2. The molecule has 1 atom stereocenters. The van der Waals surface area contributed by atoms with E-state index in [0.29, 0.717) is 12.0 Å². The predicted octanol–water partition coefficient (Wildman–Crippen LogP) is 2.54. The molecule has 1 saturated heterocycles. The van der Waals surface area contributed by atoms with Crippen LogP contribution in [0.5, 0.6) is 5.75 Å². The Balaban J connectivity index is 1.75. The molecule has 0 bridgehead atoms. The second kappa shape index (κ2) is 11.9. The average molecular weight is 391 g/mol. The maximum Gasteiger partial charge on any atom is 0.191 e. The molecule has 2 N–H and O–H groups in total. The smallest absolute Gasteiger partial charge is 0.191 e. The molecule has 1 unspecified atom stereocenters. The number of nitrogens with zero attached hydrogens (tertiary/aromatic N) is 2. The van der Waals surface area contributed by atoms with Gasteiger partial charge < -0.3 is 20.1 Å². The molecule has 0 aliphatic carbocycles. The molecule has 1 fully saturated rings. The molecule has 0 saturated carbocycles. The van der Waals surface area contributed by atoms with Gasteiger partial charge in [-0.05, 0) is 43.9 Å². The number of hydrogen-bond donors (Lipinski definition) is 2. The summed E-state index contributed by atoms with van der Waals surface area (Å²) in [4.78, 5) is 6.90. The van der Waals surface area contributed by atoms with Crippen molar-refractivity contribution in [2.45, 2.75) is 46.3 Å². The minimum absolute atomic E-state index is 0.203. The number of rotatable bonds is 9.